The van der Waals surface area contributed by atoms with Gasteiger partial charge in [-0.2, -0.15) is 4.98 Å². The number of benzene rings is 1. The van der Waals surface area contributed by atoms with Gasteiger partial charge in [0.2, 0.25) is 11.7 Å². The van der Waals surface area contributed by atoms with Gasteiger partial charge in [0.25, 0.3) is 5.91 Å². The molecular formula is C16H22N4O4. The van der Waals surface area contributed by atoms with Crippen LogP contribution >= 0.6 is 0 Å². The van der Waals surface area contributed by atoms with E-state index in [1.807, 2.05) is 0 Å². The molecule has 1 aromatic heterocycles. The Balaban J connectivity index is 1.84. The normalized spacial score (nSPS) is 10.6. The molecule has 8 heteroatoms. The number of carbonyl (C=O) groups is 1. The van der Waals surface area contributed by atoms with E-state index in [4.69, 9.17) is 14.0 Å². The van der Waals surface area contributed by atoms with Crippen molar-refractivity contribution in [3.8, 4) is 5.75 Å². The molecule has 2 rings (SSSR count). The number of aromatic nitrogens is 2. The third-order valence-corrected chi connectivity index (χ3v) is 3.13. The van der Waals surface area contributed by atoms with Gasteiger partial charge in [-0.3, -0.25) is 4.79 Å². The second kappa shape index (κ2) is 9.64. The molecule has 0 spiro atoms. The van der Waals surface area contributed by atoms with E-state index < -0.39 is 0 Å². The number of hydrogen-bond acceptors (Lipinski definition) is 7. The summed E-state index contributed by atoms with van der Waals surface area (Å²) in [7, 11) is 1.65. The fraction of sp³-hybridized carbons (Fsp3) is 0.438. The van der Waals surface area contributed by atoms with Crippen molar-refractivity contribution in [1.82, 2.24) is 20.8 Å². The van der Waals surface area contributed by atoms with Crippen molar-refractivity contribution in [2.45, 2.75) is 13.5 Å². The first kappa shape index (κ1) is 17.9. The maximum atomic E-state index is 12.3. The van der Waals surface area contributed by atoms with Crippen molar-refractivity contribution < 1.29 is 18.8 Å². The lowest BCUT2D eigenvalue weighted by molar-refractivity contribution is 0.0949. The van der Waals surface area contributed by atoms with Crippen molar-refractivity contribution in [1.29, 1.82) is 0 Å². The van der Waals surface area contributed by atoms with Gasteiger partial charge in [-0.05, 0) is 12.1 Å². The predicted octanol–water partition coefficient (Wildman–Crippen LogP) is 0.923. The quantitative estimate of drug-likeness (QED) is 0.623. The maximum Gasteiger partial charge on any atom is 0.255 e. The number of methoxy groups -OCH3 is 1. The minimum absolute atomic E-state index is 0.139. The second-order valence-electron chi connectivity index (χ2n) is 5.01. The van der Waals surface area contributed by atoms with Crippen LogP contribution in [0.2, 0.25) is 0 Å². The summed E-state index contributed by atoms with van der Waals surface area (Å²) in [5.74, 6) is 1.19. The van der Waals surface area contributed by atoms with Gasteiger partial charge in [0.15, 0.2) is 6.61 Å². The van der Waals surface area contributed by atoms with Gasteiger partial charge < -0.3 is 24.6 Å². The highest BCUT2D eigenvalue weighted by molar-refractivity contribution is 5.96. The van der Waals surface area contributed by atoms with Crippen LogP contribution in [-0.4, -0.2) is 49.4 Å². The summed E-state index contributed by atoms with van der Waals surface area (Å²) in [6, 6.07) is 7.04. The van der Waals surface area contributed by atoms with E-state index in [1.54, 1.807) is 38.3 Å². The summed E-state index contributed by atoms with van der Waals surface area (Å²) in [4.78, 5) is 16.3. The fourth-order valence-corrected chi connectivity index (χ4v) is 1.98. The molecule has 1 heterocycles. The summed E-state index contributed by atoms with van der Waals surface area (Å²) < 4.78 is 15.5. The Bertz CT molecular complexity index is 645. The zero-order valence-corrected chi connectivity index (χ0v) is 13.9. The number of nitrogens with zero attached hydrogens (tertiary/aromatic N) is 2. The van der Waals surface area contributed by atoms with Gasteiger partial charge in [0.05, 0.1) is 12.2 Å². The van der Waals surface area contributed by atoms with Crippen molar-refractivity contribution in [2.24, 2.45) is 0 Å². The molecule has 0 aliphatic heterocycles. The number of amides is 1. The lowest BCUT2D eigenvalue weighted by Crippen LogP contribution is -2.33. The van der Waals surface area contributed by atoms with Crippen LogP contribution in [0.4, 0.5) is 0 Å². The summed E-state index contributed by atoms with van der Waals surface area (Å²) in [5, 5.41) is 9.77. The Morgan fingerprint density at radius 3 is 2.83 bits per heavy atom. The summed E-state index contributed by atoms with van der Waals surface area (Å²) in [6.07, 6.45) is 0. The van der Waals surface area contributed by atoms with E-state index in [0.29, 0.717) is 42.7 Å². The molecule has 0 fully saturated rings. The number of aryl methyl sites for hydroxylation is 1. The number of nitrogens with one attached hydrogen (secondary N) is 2. The van der Waals surface area contributed by atoms with Crippen LogP contribution in [0.25, 0.3) is 0 Å². The fourth-order valence-electron chi connectivity index (χ4n) is 1.98. The molecular weight excluding hydrogens is 312 g/mol. The lowest BCUT2D eigenvalue weighted by atomic mass is 10.2. The largest absolute Gasteiger partial charge is 0.485 e. The lowest BCUT2D eigenvalue weighted by Gasteiger charge is -2.11. The van der Waals surface area contributed by atoms with Crippen LogP contribution < -0.4 is 15.4 Å². The van der Waals surface area contributed by atoms with Crippen molar-refractivity contribution in [2.75, 3.05) is 33.4 Å². The first-order chi connectivity index (χ1) is 11.7. The van der Waals surface area contributed by atoms with Crippen molar-refractivity contribution >= 4 is 5.91 Å². The average Bonchev–Trinajstić information content (AvgIpc) is 3.01. The van der Waals surface area contributed by atoms with E-state index >= 15 is 0 Å². The van der Waals surface area contributed by atoms with Gasteiger partial charge in [-0.15, -0.1) is 0 Å². The maximum absolute atomic E-state index is 12.3. The molecule has 0 aliphatic carbocycles. The minimum Gasteiger partial charge on any atom is -0.485 e. The van der Waals surface area contributed by atoms with Crippen LogP contribution in [0.3, 0.4) is 0 Å². The molecule has 0 atom stereocenters. The molecule has 1 amide bonds. The molecule has 1 aromatic carbocycles. The van der Waals surface area contributed by atoms with Crippen molar-refractivity contribution in [3.63, 3.8) is 0 Å². The Kier molecular flexibility index (Phi) is 7.19. The molecule has 130 valence electrons. The Hall–Kier alpha value is -2.45. The van der Waals surface area contributed by atoms with Crippen LogP contribution in [0.15, 0.2) is 28.8 Å². The summed E-state index contributed by atoms with van der Waals surface area (Å²) >= 11 is 0. The highest BCUT2D eigenvalue weighted by atomic mass is 16.5. The molecule has 0 unspecified atom stereocenters. The molecule has 0 saturated heterocycles. The zero-order valence-electron chi connectivity index (χ0n) is 13.9. The van der Waals surface area contributed by atoms with E-state index in [2.05, 4.69) is 20.8 Å². The van der Waals surface area contributed by atoms with Gasteiger partial charge in [-0.1, -0.05) is 17.3 Å². The SMILES string of the molecule is COCCNCCNC(=O)c1ccccc1OCc1noc(C)n1. The predicted molar refractivity (Wildman–Crippen MR) is 86.9 cm³/mol. The second-order valence-corrected chi connectivity index (χ2v) is 5.01. The molecule has 24 heavy (non-hydrogen) atoms. The van der Waals surface area contributed by atoms with Crippen LogP contribution in [-0.2, 0) is 11.3 Å². The van der Waals surface area contributed by atoms with E-state index in [9.17, 15) is 4.79 Å². The Morgan fingerprint density at radius 1 is 1.25 bits per heavy atom. The summed E-state index contributed by atoms with van der Waals surface area (Å²) in [6.45, 7) is 4.41. The summed E-state index contributed by atoms with van der Waals surface area (Å²) in [5.41, 5.74) is 0.467. The van der Waals surface area contributed by atoms with Crippen LogP contribution in [0.1, 0.15) is 22.1 Å². The smallest absolute Gasteiger partial charge is 0.255 e. The van der Waals surface area contributed by atoms with Crippen LogP contribution in [0, 0.1) is 6.92 Å². The van der Waals surface area contributed by atoms with E-state index in [0.717, 1.165) is 6.54 Å². The molecule has 2 aromatic rings. The van der Waals surface area contributed by atoms with Gasteiger partial charge in [0, 0.05) is 33.7 Å². The Labute approximate surface area is 140 Å². The number of carbonyl (C=O) groups excluding carboxylic acids is 1. The number of para-hydroxylation sites is 1. The Morgan fingerprint density at radius 2 is 2.08 bits per heavy atom. The highest BCUT2D eigenvalue weighted by Crippen LogP contribution is 2.18. The van der Waals surface area contributed by atoms with E-state index in [-0.39, 0.29) is 12.5 Å². The number of ether oxygens (including phenoxy) is 2. The van der Waals surface area contributed by atoms with Crippen molar-refractivity contribution in [3.05, 3.63) is 41.5 Å². The highest BCUT2D eigenvalue weighted by Gasteiger charge is 2.12. The molecule has 8 nitrogen and oxygen atoms in total. The first-order valence-electron chi connectivity index (χ1n) is 7.69. The van der Waals surface area contributed by atoms with Crippen LogP contribution in [0.5, 0.6) is 5.75 Å². The van der Waals surface area contributed by atoms with Gasteiger partial charge >= 0.3 is 0 Å². The monoisotopic (exact) mass is 334 g/mol. The molecule has 2 N–H and O–H groups in total. The molecule has 0 saturated carbocycles. The number of hydrogen-bond donors (Lipinski definition) is 2. The average molecular weight is 334 g/mol. The van der Waals surface area contributed by atoms with E-state index in [1.165, 1.54) is 0 Å². The zero-order chi connectivity index (χ0) is 17.2. The topological polar surface area (TPSA) is 98.5 Å². The molecule has 0 aliphatic rings. The molecule has 0 radical (unpaired) electrons. The standard InChI is InChI=1S/C16H22N4O4/c1-12-19-15(20-24-12)11-23-14-6-4-3-5-13(14)16(21)18-8-7-17-9-10-22-2/h3-6,17H,7-11H2,1-2H3,(H,18,21). The number of rotatable bonds is 10. The molecule has 0 bridgehead atoms. The van der Waals surface area contributed by atoms with Gasteiger partial charge in [-0.25, -0.2) is 0 Å². The van der Waals surface area contributed by atoms with Gasteiger partial charge in [0.1, 0.15) is 5.75 Å². The first-order valence-corrected chi connectivity index (χ1v) is 7.69. The minimum atomic E-state index is -0.191. The third kappa shape index (κ3) is 5.64. The third-order valence-electron chi connectivity index (χ3n) is 3.13.